The van der Waals surface area contributed by atoms with Crippen LogP contribution in [0.2, 0.25) is 0 Å². The highest BCUT2D eigenvalue weighted by Crippen LogP contribution is 2.57. The number of amides is 1. The quantitative estimate of drug-likeness (QED) is 0.824. The molecule has 158 valence electrons. The first kappa shape index (κ1) is 19.9. The number of hydrogen-bond acceptors (Lipinski definition) is 7. The standard InChI is InChI=1S/C22H23NO7/c1-11(24)23-15-7-5-13-18(12-6-8-17(26-2)16(25)9-14(12)15)20(28-4)22-21(19(13)27-3)29-10-30-22/h6,8-9,15H,5,7,10H2,1-4H3,(H,23,24). The van der Waals surface area contributed by atoms with Crippen LogP contribution in [0.25, 0.3) is 11.1 Å². The van der Waals surface area contributed by atoms with Crippen LogP contribution in [-0.2, 0) is 11.2 Å². The van der Waals surface area contributed by atoms with E-state index in [-0.39, 0.29) is 29.9 Å². The van der Waals surface area contributed by atoms with Gasteiger partial charge in [0.05, 0.1) is 27.4 Å². The van der Waals surface area contributed by atoms with Gasteiger partial charge in [0, 0.05) is 18.1 Å². The summed E-state index contributed by atoms with van der Waals surface area (Å²) in [6.07, 6.45) is 1.13. The molecule has 1 unspecified atom stereocenters. The van der Waals surface area contributed by atoms with E-state index in [2.05, 4.69) is 5.32 Å². The van der Waals surface area contributed by atoms with Crippen LogP contribution >= 0.6 is 0 Å². The summed E-state index contributed by atoms with van der Waals surface area (Å²) in [5.41, 5.74) is 2.75. The van der Waals surface area contributed by atoms with Gasteiger partial charge in [0.15, 0.2) is 17.2 Å². The maximum Gasteiger partial charge on any atom is 0.231 e. The molecule has 2 aromatic carbocycles. The van der Waals surface area contributed by atoms with E-state index in [4.69, 9.17) is 23.7 Å². The molecule has 8 nitrogen and oxygen atoms in total. The molecule has 1 N–H and O–H groups in total. The molecule has 2 aliphatic rings. The highest BCUT2D eigenvalue weighted by Gasteiger charge is 2.35. The molecule has 0 radical (unpaired) electrons. The average Bonchev–Trinajstić information content (AvgIpc) is 3.08. The van der Waals surface area contributed by atoms with Gasteiger partial charge in [-0.1, -0.05) is 6.07 Å². The molecule has 1 aliphatic heterocycles. The lowest BCUT2D eigenvalue weighted by molar-refractivity contribution is -0.119. The lowest BCUT2D eigenvalue weighted by atomic mass is 9.94. The van der Waals surface area contributed by atoms with Crippen LogP contribution in [0.1, 0.15) is 30.5 Å². The van der Waals surface area contributed by atoms with E-state index >= 15 is 0 Å². The summed E-state index contributed by atoms with van der Waals surface area (Å²) < 4.78 is 28.0. The molecule has 2 aromatic rings. The van der Waals surface area contributed by atoms with Crippen LogP contribution < -0.4 is 34.4 Å². The predicted molar refractivity (Wildman–Crippen MR) is 109 cm³/mol. The molecule has 1 atom stereocenters. The Morgan fingerprint density at radius 3 is 2.40 bits per heavy atom. The fourth-order valence-corrected chi connectivity index (χ4v) is 4.20. The van der Waals surface area contributed by atoms with Crippen molar-refractivity contribution in [3.63, 3.8) is 0 Å². The van der Waals surface area contributed by atoms with Crippen molar-refractivity contribution in [3.05, 3.63) is 39.5 Å². The molecule has 0 spiro atoms. The van der Waals surface area contributed by atoms with Crippen molar-refractivity contribution in [2.75, 3.05) is 28.1 Å². The molecule has 0 aromatic heterocycles. The van der Waals surface area contributed by atoms with E-state index < -0.39 is 0 Å². The van der Waals surface area contributed by atoms with Gasteiger partial charge in [0.2, 0.25) is 29.6 Å². The highest BCUT2D eigenvalue weighted by atomic mass is 16.7. The Morgan fingerprint density at radius 1 is 1.07 bits per heavy atom. The van der Waals surface area contributed by atoms with Crippen molar-refractivity contribution in [1.82, 2.24) is 5.32 Å². The van der Waals surface area contributed by atoms with Crippen LogP contribution in [0.15, 0.2) is 23.0 Å². The van der Waals surface area contributed by atoms with Gasteiger partial charge in [-0.05, 0) is 36.1 Å². The fraction of sp³-hybridized carbons (Fsp3) is 0.364. The number of carbonyl (C=O) groups is 1. The lowest BCUT2D eigenvalue weighted by Gasteiger charge is -2.19. The van der Waals surface area contributed by atoms with Gasteiger partial charge >= 0.3 is 0 Å². The molecule has 0 saturated carbocycles. The van der Waals surface area contributed by atoms with Gasteiger partial charge in [-0.25, -0.2) is 0 Å². The fourth-order valence-electron chi connectivity index (χ4n) is 4.20. The summed E-state index contributed by atoms with van der Waals surface area (Å²) in [6.45, 7) is 1.52. The summed E-state index contributed by atoms with van der Waals surface area (Å²) in [4.78, 5) is 24.6. The van der Waals surface area contributed by atoms with Gasteiger partial charge < -0.3 is 29.0 Å². The molecule has 1 aliphatic carbocycles. The van der Waals surface area contributed by atoms with Crippen molar-refractivity contribution in [2.24, 2.45) is 0 Å². The van der Waals surface area contributed by atoms with E-state index in [0.717, 1.165) is 16.7 Å². The monoisotopic (exact) mass is 413 g/mol. The molecule has 8 heteroatoms. The van der Waals surface area contributed by atoms with E-state index in [1.807, 2.05) is 0 Å². The number of nitrogens with one attached hydrogen (secondary N) is 1. The summed E-state index contributed by atoms with van der Waals surface area (Å²) in [5.74, 6) is 2.04. The van der Waals surface area contributed by atoms with Crippen molar-refractivity contribution < 1.29 is 28.5 Å². The van der Waals surface area contributed by atoms with E-state index in [0.29, 0.717) is 41.4 Å². The van der Waals surface area contributed by atoms with Gasteiger partial charge in [0.1, 0.15) is 0 Å². The maximum atomic E-state index is 12.7. The van der Waals surface area contributed by atoms with Crippen LogP contribution in [0.4, 0.5) is 0 Å². The minimum Gasteiger partial charge on any atom is -0.493 e. The first-order valence-corrected chi connectivity index (χ1v) is 9.56. The largest absolute Gasteiger partial charge is 0.493 e. The van der Waals surface area contributed by atoms with Crippen molar-refractivity contribution in [1.29, 1.82) is 0 Å². The number of rotatable bonds is 4. The Labute approximate surface area is 173 Å². The third kappa shape index (κ3) is 3.08. The Kier molecular flexibility index (Phi) is 5.15. The van der Waals surface area contributed by atoms with Crippen LogP contribution in [0.3, 0.4) is 0 Å². The number of benzene rings is 1. The molecule has 1 amide bonds. The zero-order valence-electron chi connectivity index (χ0n) is 17.3. The zero-order valence-corrected chi connectivity index (χ0v) is 17.3. The minimum atomic E-state index is -0.374. The lowest BCUT2D eigenvalue weighted by Crippen LogP contribution is -2.26. The average molecular weight is 413 g/mol. The second kappa shape index (κ2) is 7.78. The Hall–Kier alpha value is -3.42. The van der Waals surface area contributed by atoms with Crippen molar-refractivity contribution in [3.8, 4) is 39.9 Å². The molecule has 30 heavy (non-hydrogen) atoms. The minimum absolute atomic E-state index is 0.0629. The van der Waals surface area contributed by atoms with Crippen LogP contribution in [0, 0.1) is 0 Å². The Balaban J connectivity index is 2.11. The van der Waals surface area contributed by atoms with Crippen LogP contribution in [-0.4, -0.2) is 34.0 Å². The second-order valence-corrected chi connectivity index (χ2v) is 7.06. The van der Waals surface area contributed by atoms with Gasteiger partial charge in [-0.15, -0.1) is 0 Å². The highest BCUT2D eigenvalue weighted by molar-refractivity contribution is 5.86. The van der Waals surface area contributed by atoms with E-state index in [1.165, 1.54) is 20.1 Å². The molecular weight excluding hydrogens is 390 g/mol. The molecular formula is C22H23NO7. The molecule has 0 saturated heterocycles. The first-order valence-electron chi connectivity index (χ1n) is 9.56. The normalized spacial score (nSPS) is 16.1. The third-order valence-electron chi connectivity index (χ3n) is 5.40. The van der Waals surface area contributed by atoms with Gasteiger partial charge in [0.25, 0.3) is 0 Å². The topological polar surface area (TPSA) is 92.3 Å². The van der Waals surface area contributed by atoms with Gasteiger partial charge in [-0.3, -0.25) is 9.59 Å². The van der Waals surface area contributed by atoms with E-state index in [9.17, 15) is 9.59 Å². The summed E-state index contributed by atoms with van der Waals surface area (Å²) in [5, 5.41) is 2.96. The SMILES string of the molecule is COc1c2c(c(OC)c3c1OCO3)-c1ccc(OC)c(=O)cc1C(NC(C)=O)CC2. The van der Waals surface area contributed by atoms with Crippen molar-refractivity contribution in [2.45, 2.75) is 25.8 Å². The third-order valence-corrected chi connectivity index (χ3v) is 5.40. The summed E-state index contributed by atoms with van der Waals surface area (Å²) in [7, 11) is 4.58. The molecule has 4 rings (SSSR count). The zero-order chi connectivity index (χ0) is 21.4. The first-order chi connectivity index (χ1) is 14.5. The van der Waals surface area contributed by atoms with Crippen LogP contribution in [0.5, 0.6) is 28.7 Å². The Bertz CT molecular complexity index is 1080. The summed E-state index contributed by atoms with van der Waals surface area (Å²) >= 11 is 0. The number of fused-ring (bicyclic) bond motifs is 4. The number of ether oxygens (including phenoxy) is 5. The Morgan fingerprint density at radius 2 is 1.77 bits per heavy atom. The van der Waals surface area contributed by atoms with Gasteiger partial charge in [-0.2, -0.15) is 0 Å². The number of carbonyl (C=O) groups excluding carboxylic acids is 1. The number of hydrogen-bond donors (Lipinski definition) is 1. The summed E-state index contributed by atoms with van der Waals surface area (Å²) in [6, 6.07) is 4.57. The predicted octanol–water partition coefficient (Wildman–Crippen LogP) is 2.59. The maximum absolute atomic E-state index is 12.7. The van der Waals surface area contributed by atoms with E-state index in [1.54, 1.807) is 26.4 Å². The molecule has 0 bridgehead atoms. The second-order valence-electron chi connectivity index (χ2n) is 7.06. The number of methoxy groups -OCH3 is 3. The molecule has 0 fully saturated rings. The smallest absolute Gasteiger partial charge is 0.231 e. The van der Waals surface area contributed by atoms with Crippen molar-refractivity contribution >= 4 is 5.91 Å². The molecule has 1 heterocycles.